The highest BCUT2D eigenvalue weighted by Gasteiger charge is 2.24. The van der Waals surface area contributed by atoms with Crippen LogP contribution in [-0.4, -0.2) is 47.8 Å². The molecule has 1 atom stereocenters. The summed E-state index contributed by atoms with van der Waals surface area (Å²) in [5.41, 5.74) is 0. The summed E-state index contributed by atoms with van der Waals surface area (Å²) in [7, 11) is 0. The molecule has 0 aromatic rings. The summed E-state index contributed by atoms with van der Waals surface area (Å²) in [4.78, 5) is 10.2. The molecule has 4 nitrogen and oxygen atoms in total. The van der Waals surface area contributed by atoms with E-state index in [-0.39, 0.29) is 6.42 Å². The fourth-order valence-electron chi connectivity index (χ4n) is 2.08. The van der Waals surface area contributed by atoms with Crippen molar-refractivity contribution in [2.24, 2.45) is 0 Å². The van der Waals surface area contributed by atoms with E-state index in [9.17, 15) is 15.0 Å². The van der Waals surface area contributed by atoms with Crippen molar-refractivity contribution in [3.05, 3.63) is 0 Å². The third-order valence-corrected chi connectivity index (χ3v) is 3.53. The lowest BCUT2D eigenvalue weighted by Gasteiger charge is -2.37. The fourth-order valence-corrected chi connectivity index (χ4v) is 2.08. The molecule has 0 aliphatic carbocycles. The maximum absolute atomic E-state index is 10.2. The molecule has 96 valence electrons. The second kappa shape index (κ2) is 7.63. The molecule has 0 aliphatic rings. The molecule has 0 heterocycles. The van der Waals surface area contributed by atoms with E-state index in [4.69, 9.17) is 0 Å². The van der Waals surface area contributed by atoms with E-state index in [0.29, 0.717) is 12.8 Å². The summed E-state index contributed by atoms with van der Waals surface area (Å²) in [6.45, 7) is 10.1. The van der Waals surface area contributed by atoms with Crippen molar-refractivity contribution in [3.63, 3.8) is 0 Å². The molecule has 1 unspecified atom stereocenters. The molecular weight excluding hydrogens is 206 g/mol. The molecule has 0 radical (unpaired) electrons. The molecule has 0 bridgehead atoms. The molecule has 0 spiro atoms. The topological polar surface area (TPSA) is 60.4 Å². The summed E-state index contributed by atoms with van der Waals surface area (Å²) >= 11 is 0. The number of quaternary nitrogens is 1. The highest BCUT2D eigenvalue weighted by molar-refractivity contribution is 5.64. The number of carbonyl (C=O) groups excluding carboxylic acids is 1. The monoisotopic (exact) mass is 231 g/mol. The van der Waals surface area contributed by atoms with Gasteiger partial charge in [0.1, 0.15) is 12.6 Å². The van der Waals surface area contributed by atoms with Gasteiger partial charge in [-0.2, -0.15) is 0 Å². The maximum atomic E-state index is 10.2. The maximum Gasteiger partial charge on any atom is 0.105 e. The fraction of sp³-hybridized carbons (Fsp3) is 0.917. The summed E-state index contributed by atoms with van der Waals surface area (Å²) in [5, 5.41) is 20.1. The lowest BCUT2D eigenvalue weighted by molar-refractivity contribution is -0.926. The number of likely N-dealkylation sites (N-methyl/N-ethyl adjacent to an activating group) is 1. The zero-order valence-electron chi connectivity index (χ0n) is 10.7. The zero-order chi connectivity index (χ0) is 12.6. The molecule has 16 heavy (non-hydrogen) atoms. The highest BCUT2D eigenvalue weighted by Crippen LogP contribution is 2.11. The zero-order valence-corrected chi connectivity index (χ0v) is 10.7. The Bertz CT molecular complexity index is 194. The van der Waals surface area contributed by atoms with Crippen LogP contribution in [0.3, 0.4) is 0 Å². The van der Waals surface area contributed by atoms with Crippen LogP contribution in [-0.2, 0) is 4.79 Å². The Balaban J connectivity index is 4.00. The third-order valence-electron chi connectivity index (χ3n) is 3.53. The van der Waals surface area contributed by atoms with Gasteiger partial charge in [-0.1, -0.05) is 0 Å². The van der Waals surface area contributed by atoms with Gasteiger partial charge >= 0.3 is 0 Å². The van der Waals surface area contributed by atoms with Crippen LogP contribution in [0, 0.1) is 0 Å². The highest BCUT2D eigenvalue weighted by atomic mass is 16.4. The Kier molecular flexibility index (Phi) is 7.34. The van der Waals surface area contributed by atoms with Gasteiger partial charge in [-0.05, 0) is 40.0 Å². The van der Waals surface area contributed by atoms with Crippen LogP contribution in [0.25, 0.3) is 0 Å². The number of aliphatic carboxylic acids is 1. The van der Waals surface area contributed by atoms with Gasteiger partial charge in [-0.15, -0.1) is 0 Å². The van der Waals surface area contributed by atoms with Crippen LogP contribution in [0.5, 0.6) is 0 Å². The van der Waals surface area contributed by atoms with Gasteiger partial charge in [0.05, 0.1) is 19.6 Å². The molecular formula is C12H25NO3. The van der Waals surface area contributed by atoms with Crippen LogP contribution >= 0.6 is 0 Å². The first-order valence-corrected chi connectivity index (χ1v) is 6.22. The number of carboxylic acids is 1. The Morgan fingerprint density at radius 2 is 1.75 bits per heavy atom. The number of aliphatic hydroxyl groups excluding tert-OH is 1. The largest absolute Gasteiger partial charge is 0.550 e. The van der Waals surface area contributed by atoms with E-state index in [0.717, 1.165) is 30.7 Å². The van der Waals surface area contributed by atoms with Crippen molar-refractivity contribution < 1.29 is 19.5 Å². The predicted octanol–water partition coefficient (Wildman–Crippen LogP) is 0.144. The van der Waals surface area contributed by atoms with Gasteiger partial charge < -0.3 is 19.5 Å². The Labute approximate surface area is 98.5 Å². The minimum Gasteiger partial charge on any atom is -0.550 e. The molecule has 0 saturated carbocycles. The van der Waals surface area contributed by atoms with Crippen molar-refractivity contribution >= 4 is 5.97 Å². The molecule has 1 N–H and O–H groups in total. The molecule has 0 aromatic heterocycles. The summed E-state index contributed by atoms with van der Waals surface area (Å²) in [5.74, 6) is -1.03. The Morgan fingerprint density at radius 1 is 1.25 bits per heavy atom. The van der Waals surface area contributed by atoms with E-state index in [1.165, 1.54) is 0 Å². The summed E-state index contributed by atoms with van der Waals surface area (Å²) < 4.78 is 0.895. The second-order valence-electron chi connectivity index (χ2n) is 4.39. The lowest BCUT2D eigenvalue weighted by atomic mass is 10.1. The van der Waals surface area contributed by atoms with E-state index in [2.05, 4.69) is 20.8 Å². The van der Waals surface area contributed by atoms with Gasteiger partial charge in [0, 0.05) is 5.97 Å². The van der Waals surface area contributed by atoms with Crippen LogP contribution in [0.1, 0.15) is 40.0 Å². The van der Waals surface area contributed by atoms with Crippen molar-refractivity contribution in [1.29, 1.82) is 0 Å². The number of carboxylic acid groups (broad SMARTS) is 1. The second-order valence-corrected chi connectivity index (χ2v) is 4.39. The van der Waals surface area contributed by atoms with Gasteiger partial charge in [-0.3, -0.25) is 0 Å². The number of hydrogen-bond acceptors (Lipinski definition) is 3. The van der Waals surface area contributed by atoms with Gasteiger partial charge in [0.25, 0.3) is 0 Å². The van der Waals surface area contributed by atoms with Gasteiger partial charge in [0.15, 0.2) is 0 Å². The van der Waals surface area contributed by atoms with Crippen molar-refractivity contribution in [2.75, 3.05) is 26.2 Å². The first kappa shape index (κ1) is 15.4. The molecule has 0 rings (SSSR count). The first-order chi connectivity index (χ1) is 7.49. The summed E-state index contributed by atoms with van der Waals surface area (Å²) in [6.07, 6.45) is 0.690. The van der Waals surface area contributed by atoms with Crippen LogP contribution in [0.4, 0.5) is 0 Å². The minimum atomic E-state index is -1.03. The average Bonchev–Trinajstić information content (AvgIpc) is 2.25. The molecule has 0 amide bonds. The van der Waals surface area contributed by atoms with Crippen molar-refractivity contribution in [1.82, 2.24) is 0 Å². The van der Waals surface area contributed by atoms with Crippen molar-refractivity contribution in [3.8, 4) is 0 Å². The molecule has 0 aliphatic heterocycles. The van der Waals surface area contributed by atoms with Crippen LogP contribution in [0.2, 0.25) is 0 Å². The van der Waals surface area contributed by atoms with Gasteiger partial charge in [-0.25, -0.2) is 0 Å². The number of rotatable bonds is 9. The van der Waals surface area contributed by atoms with Gasteiger partial charge in [0.2, 0.25) is 0 Å². The van der Waals surface area contributed by atoms with E-state index in [1.807, 2.05) is 0 Å². The summed E-state index contributed by atoms with van der Waals surface area (Å²) in [6, 6.07) is 0. The Morgan fingerprint density at radius 3 is 2.12 bits per heavy atom. The van der Waals surface area contributed by atoms with Crippen LogP contribution < -0.4 is 5.11 Å². The standard InChI is InChI=1S/C12H25NO3/c1-4-13(5-2,6-3)10-11(14)8-7-9-12(15)16/h11,14H,4-10H2,1-3H3. The van der Waals surface area contributed by atoms with E-state index >= 15 is 0 Å². The Hall–Kier alpha value is -0.610. The van der Waals surface area contributed by atoms with E-state index in [1.54, 1.807) is 0 Å². The third kappa shape index (κ3) is 5.47. The minimum absolute atomic E-state index is 0.0431. The smallest absolute Gasteiger partial charge is 0.105 e. The normalized spacial score (nSPS) is 13.8. The molecule has 4 heteroatoms. The molecule has 0 fully saturated rings. The number of nitrogens with zero attached hydrogens (tertiary/aromatic N) is 1. The first-order valence-electron chi connectivity index (χ1n) is 6.22. The molecule has 0 aromatic carbocycles. The quantitative estimate of drug-likeness (QED) is 0.574. The van der Waals surface area contributed by atoms with E-state index < -0.39 is 12.1 Å². The molecule has 0 saturated heterocycles. The average molecular weight is 231 g/mol. The number of hydrogen-bond donors (Lipinski definition) is 1. The number of aliphatic hydroxyl groups is 1. The predicted molar refractivity (Wildman–Crippen MR) is 61.6 cm³/mol. The SMILES string of the molecule is CC[N+](CC)(CC)CC(O)CCCC(=O)[O-]. The van der Waals surface area contributed by atoms with Crippen molar-refractivity contribution in [2.45, 2.75) is 46.1 Å². The van der Waals surface area contributed by atoms with Crippen LogP contribution in [0.15, 0.2) is 0 Å². The lowest BCUT2D eigenvalue weighted by Crippen LogP contribution is -2.51. The number of carbonyl (C=O) groups is 1.